The quantitative estimate of drug-likeness (QED) is 0.854. The van der Waals surface area contributed by atoms with Crippen molar-refractivity contribution in [2.24, 2.45) is 0 Å². The molecule has 5 heteroatoms. The molecule has 0 fully saturated rings. The standard InChI is InChI=1S/C18H20FNO3/c1-13-3-8-16(17(11-13)22-2)23-12-18(21)20-10-9-14-4-6-15(19)7-5-14/h3-8,11H,9-10,12H2,1-2H3,(H,20,21). The van der Waals surface area contributed by atoms with Crippen LogP contribution in [0.15, 0.2) is 42.5 Å². The fraction of sp³-hybridized carbons (Fsp3) is 0.278. The van der Waals surface area contributed by atoms with Crippen LogP contribution in [0.5, 0.6) is 11.5 Å². The molecule has 0 aromatic heterocycles. The van der Waals surface area contributed by atoms with E-state index in [1.807, 2.05) is 19.1 Å². The van der Waals surface area contributed by atoms with Crippen molar-refractivity contribution < 1.29 is 18.7 Å². The lowest BCUT2D eigenvalue weighted by atomic mass is 10.1. The molecule has 0 unspecified atom stereocenters. The number of methoxy groups -OCH3 is 1. The van der Waals surface area contributed by atoms with Gasteiger partial charge in [-0.3, -0.25) is 4.79 Å². The van der Waals surface area contributed by atoms with E-state index in [1.165, 1.54) is 12.1 Å². The molecule has 0 aliphatic heterocycles. The first kappa shape index (κ1) is 16.8. The van der Waals surface area contributed by atoms with Crippen LogP contribution in [-0.4, -0.2) is 26.2 Å². The van der Waals surface area contributed by atoms with Crippen LogP contribution in [0.2, 0.25) is 0 Å². The number of ether oxygens (including phenoxy) is 2. The minimum absolute atomic E-state index is 0.0805. The van der Waals surface area contributed by atoms with E-state index in [9.17, 15) is 9.18 Å². The number of carbonyl (C=O) groups is 1. The highest BCUT2D eigenvalue weighted by atomic mass is 19.1. The minimum Gasteiger partial charge on any atom is -0.493 e. The number of rotatable bonds is 7. The van der Waals surface area contributed by atoms with E-state index < -0.39 is 0 Å². The van der Waals surface area contributed by atoms with Crippen molar-refractivity contribution in [2.75, 3.05) is 20.3 Å². The second-order valence-corrected chi connectivity index (χ2v) is 5.17. The van der Waals surface area contributed by atoms with E-state index in [4.69, 9.17) is 9.47 Å². The molecule has 0 bridgehead atoms. The van der Waals surface area contributed by atoms with Crippen LogP contribution in [0.4, 0.5) is 4.39 Å². The van der Waals surface area contributed by atoms with Crippen LogP contribution in [0.25, 0.3) is 0 Å². The van der Waals surface area contributed by atoms with Crippen LogP contribution >= 0.6 is 0 Å². The Morgan fingerprint density at radius 2 is 1.87 bits per heavy atom. The van der Waals surface area contributed by atoms with Crippen molar-refractivity contribution in [3.63, 3.8) is 0 Å². The highest BCUT2D eigenvalue weighted by Gasteiger charge is 2.07. The molecule has 0 aliphatic rings. The predicted molar refractivity (Wildman–Crippen MR) is 86.3 cm³/mol. The molecule has 2 rings (SSSR count). The normalized spacial score (nSPS) is 10.2. The van der Waals surface area contributed by atoms with Gasteiger partial charge in [-0.2, -0.15) is 0 Å². The second-order valence-electron chi connectivity index (χ2n) is 5.17. The summed E-state index contributed by atoms with van der Waals surface area (Å²) in [5.74, 6) is 0.656. The summed E-state index contributed by atoms with van der Waals surface area (Å²) in [5, 5.41) is 2.77. The molecule has 0 spiro atoms. The molecular weight excluding hydrogens is 297 g/mol. The summed E-state index contributed by atoms with van der Waals surface area (Å²) in [4.78, 5) is 11.8. The van der Waals surface area contributed by atoms with Crippen LogP contribution < -0.4 is 14.8 Å². The van der Waals surface area contributed by atoms with E-state index >= 15 is 0 Å². The Kier molecular flexibility index (Phi) is 5.97. The fourth-order valence-corrected chi connectivity index (χ4v) is 2.09. The van der Waals surface area contributed by atoms with Crippen LogP contribution in [0, 0.1) is 12.7 Å². The monoisotopic (exact) mass is 317 g/mol. The first-order valence-electron chi connectivity index (χ1n) is 7.37. The van der Waals surface area contributed by atoms with E-state index in [0.29, 0.717) is 24.5 Å². The maximum atomic E-state index is 12.8. The highest BCUT2D eigenvalue weighted by Crippen LogP contribution is 2.27. The third kappa shape index (κ3) is 5.29. The van der Waals surface area contributed by atoms with Gasteiger partial charge in [-0.05, 0) is 48.7 Å². The molecule has 0 atom stereocenters. The number of aryl methyl sites for hydroxylation is 1. The van der Waals surface area contributed by atoms with Gasteiger partial charge in [-0.25, -0.2) is 4.39 Å². The van der Waals surface area contributed by atoms with Gasteiger partial charge in [0.05, 0.1) is 7.11 Å². The SMILES string of the molecule is COc1cc(C)ccc1OCC(=O)NCCc1ccc(F)cc1. The first-order valence-corrected chi connectivity index (χ1v) is 7.37. The molecule has 0 aliphatic carbocycles. The summed E-state index contributed by atoms with van der Waals surface area (Å²) >= 11 is 0. The van der Waals surface area contributed by atoms with E-state index in [-0.39, 0.29) is 18.3 Å². The van der Waals surface area contributed by atoms with Gasteiger partial charge >= 0.3 is 0 Å². The number of amides is 1. The lowest BCUT2D eigenvalue weighted by molar-refractivity contribution is -0.123. The molecule has 0 heterocycles. The molecule has 1 amide bonds. The first-order chi connectivity index (χ1) is 11.1. The minimum atomic E-state index is -0.266. The number of hydrogen-bond acceptors (Lipinski definition) is 3. The summed E-state index contributed by atoms with van der Waals surface area (Å²) in [7, 11) is 1.56. The van der Waals surface area contributed by atoms with Crippen LogP contribution in [-0.2, 0) is 11.2 Å². The number of halogens is 1. The van der Waals surface area contributed by atoms with Crippen LogP contribution in [0.1, 0.15) is 11.1 Å². The highest BCUT2D eigenvalue weighted by molar-refractivity contribution is 5.77. The van der Waals surface area contributed by atoms with Gasteiger partial charge in [0.2, 0.25) is 0 Å². The zero-order valence-corrected chi connectivity index (χ0v) is 13.3. The Bertz CT molecular complexity index is 656. The fourth-order valence-electron chi connectivity index (χ4n) is 2.09. The number of hydrogen-bond donors (Lipinski definition) is 1. The zero-order valence-electron chi connectivity index (χ0n) is 13.3. The zero-order chi connectivity index (χ0) is 16.7. The average molecular weight is 317 g/mol. The Hall–Kier alpha value is -2.56. The Balaban J connectivity index is 1.76. The summed E-state index contributed by atoms with van der Waals surface area (Å²) in [6.45, 7) is 2.34. The summed E-state index contributed by atoms with van der Waals surface area (Å²) in [6, 6.07) is 11.7. The molecule has 2 aromatic carbocycles. The van der Waals surface area contributed by atoms with Gasteiger partial charge in [-0.1, -0.05) is 18.2 Å². The lowest BCUT2D eigenvalue weighted by Gasteiger charge is -2.11. The number of nitrogens with one attached hydrogen (secondary N) is 1. The molecule has 0 saturated heterocycles. The van der Waals surface area contributed by atoms with Crippen molar-refractivity contribution in [3.8, 4) is 11.5 Å². The number of benzene rings is 2. The molecule has 1 N–H and O–H groups in total. The van der Waals surface area contributed by atoms with Crippen LogP contribution in [0.3, 0.4) is 0 Å². The molecule has 0 radical (unpaired) electrons. The predicted octanol–water partition coefficient (Wildman–Crippen LogP) is 2.88. The Morgan fingerprint density at radius 3 is 2.57 bits per heavy atom. The summed E-state index contributed by atoms with van der Waals surface area (Å²) in [6.07, 6.45) is 0.639. The Labute approximate surface area is 135 Å². The van der Waals surface area contributed by atoms with Gasteiger partial charge < -0.3 is 14.8 Å². The van der Waals surface area contributed by atoms with E-state index in [2.05, 4.69) is 5.32 Å². The maximum Gasteiger partial charge on any atom is 0.257 e. The molecule has 4 nitrogen and oxygen atoms in total. The molecule has 23 heavy (non-hydrogen) atoms. The Morgan fingerprint density at radius 1 is 1.13 bits per heavy atom. The third-order valence-electron chi connectivity index (χ3n) is 3.33. The molecule has 2 aromatic rings. The molecule has 0 saturated carbocycles. The van der Waals surface area contributed by atoms with Gasteiger partial charge in [0, 0.05) is 6.54 Å². The van der Waals surface area contributed by atoms with Crippen molar-refractivity contribution >= 4 is 5.91 Å². The lowest BCUT2D eigenvalue weighted by Crippen LogP contribution is -2.30. The van der Waals surface area contributed by atoms with E-state index in [1.54, 1.807) is 25.3 Å². The molecular formula is C18H20FNO3. The largest absolute Gasteiger partial charge is 0.493 e. The maximum absolute atomic E-state index is 12.8. The van der Waals surface area contributed by atoms with Gasteiger partial charge in [0.15, 0.2) is 18.1 Å². The van der Waals surface area contributed by atoms with Gasteiger partial charge in [0.1, 0.15) is 5.82 Å². The van der Waals surface area contributed by atoms with Gasteiger partial charge in [-0.15, -0.1) is 0 Å². The van der Waals surface area contributed by atoms with Crippen molar-refractivity contribution in [2.45, 2.75) is 13.3 Å². The smallest absolute Gasteiger partial charge is 0.257 e. The van der Waals surface area contributed by atoms with Crippen molar-refractivity contribution in [3.05, 3.63) is 59.4 Å². The number of carbonyl (C=O) groups excluding carboxylic acids is 1. The molecule has 122 valence electrons. The summed E-state index contributed by atoms with van der Waals surface area (Å²) < 4.78 is 23.5. The average Bonchev–Trinajstić information content (AvgIpc) is 2.55. The van der Waals surface area contributed by atoms with E-state index in [0.717, 1.165) is 11.1 Å². The third-order valence-corrected chi connectivity index (χ3v) is 3.33. The van der Waals surface area contributed by atoms with Crippen molar-refractivity contribution in [1.29, 1.82) is 0 Å². The van der Waals surface area contributed by atoms with Gasteiger partial charge in [0.25, 0.3) is 5.91 Å². The topological polar surface area (TPSA) is 47.6 Å². The summed E-state index contributed by atoms with van der Waals surface area (Å²) in [5.41, 5.74) is 2.02. The second kappa shape index (κ2) is 8.17. The van der Waals surface area contributed by atoms with Crippen molar-refractivity contribution in [1.82, 2.24) is 5.32 Å².